The van der Waals surface area contributed by atoms with Crippen LogP contribution < -0.4 is 5.32 Å². The van der Waals surface area contributed by atoms with Crippen LogP contribution in [0.3, 0.4) is 0 Å². The highest BCUT2D eigenvalue weighted by atomic mass is 32.2. The summed E-state index contributed by atoms with van der Waals surface area (Å²) in [4.78, 5) is 17.9. The molecule has 0 aliphatic heterocycles. The molecular formula is C25H22N2O3S. The molecule has 1 N–H and O–H groups in total. The molecule has 6 heteroatoms. The Hall–Kier alpha value is -3.51. The fraction of sp³-hybridized carbons (Fsp3) is 0.120. The van der Waals surface area contributed by atoms with Crippen molar-refractivity contribution in [3.05, 3.63) is 96.1 Å². The van der Waals surface area contributed by atoms with Gasteiger partial charge < -0.3 is 5.32 Å². The predicted octanol–water partition coefficient (Wildman–Crippen LogP) is 4.28. The molecule has 3 aromatic carbocycles. The summed E-state index contributed by atoms with van der Waals surface area (Å²) in [5.41, 5.74) is 2.74. The Morgan fingerprint density at radius 1 is 0.871 bits per heavy atom. The number of sulfone groups is 1. The number of rotatable bonds is 6. The first kappa shape index (κ1) is 20.8. The summed E-state index contributed by atoms with van der Waals surface area (Å²) in [6, 6.07) is 26.0. The van der Waals surface area contributed by atoms with Gasteiger partial charge in [-0.1, -0.05) is 78.9 Å². The number of hydrogen-bond acceptors (Lipinski definition) is 4. The van der Waals surface area contributed by atoms with Gasteiger partial charge in [-0.15, -0.1) is 0 Å². The second kappa shape index (κ2) is 8.70. The molecule has 0 spiro atoms. The van der Waals surface area contributed by atoms with Crippen LogP contribution >= 0.6 is 0 Å². The van der Waals surface area contributed by atoms with Crippen molar-refractivity contribution in [2.24, 2.45) is 0 Å². The van der Waals surface area contributed by atoms with E-state index in [1.54, 1.807) is 30.3 Å². The molecule has 31 heavy (non-hydrogen) atoms. The molecule has 0 bridgehead atoms. The molecule has 0 saturated heterocycles. The minimum atomic E-state index is -3.75. The van der Waals surface area contributed by atoms with E-state index in [0.29, 0.717) is 29.4 Å². The first-order valence-electron chi connectivity index (χ1n) is 9.95. The fourth-order valence-electron chi connectivity index (χ4n) is 3.63. The zero-order valence-electron chi connectivity index (χ0n) is 17.1. The highest BCUT2D eigenvalue weighted by Gasteiger charge is 2.27. The summed E-state index contributed by atoms with van der Waals surface area (Å²) in [7, 11) is -3.75. The lowest BCUT2D eigenvalue weighted by Crippen LogP contribution is -2.28. The number of pyridine rings is 1. The molecule has 0 aliphatic carbocycles. The molecular weight excluding hydrogens is 408 g/mol. The third-order valence-corrected chi connectivity index (χ3v) is 6.17. The van der Waals surface area contributed by atoms with E-state index in [0.717, 1.165) is 11.8 Å². The second-order valence-corrected chi connectivity index (χ2v) is 9.26. The lowest BCUT2D eigenvalue weighted by atomic mass is 10.0. The SMILES string of the molecule is CS(=O)(=O)c1c(-c2ccccc2)nc2ccccc2c1C(=O)NCCc1ccccc1. The molecule has 4 aromatic rings. The van der Waals surface area contributed by atoms with Crippen LogP contribution in [0.2, 0.25) is 0 Å². The Kier molecular flexibility index (Phi) is 5.82. The number of aromatic nitrogens is 1. The molecule has 5 nitrogen and oxygen atoms in total. The molecule has 4 rings (SSSR count). The molecule has 1 aromatic heterocycles. The standard InChI is InChI=1S/C25H22N2O3S/c1-31(29,30)24-22(25(28)26-17-16-18-10-4-2-5-11-18)20-14-8-9-15-21(20)27-23(24)19-12-6-3-7-13-19/h2-15H,16-17H2,1H3,(H,26,28). The maximum absolute atomic E-state index is 13.3. The van der Waals surface area contributed by atoms with E-state index < -0.39 is 15.7 Å². The van der Waals surface area contributed by atoms with Gasteiger partial charge in [-0.2, -0.15) is 0 Å². The smallest absolute Gasteiger partial charge is 0.253 e. The molecule has 0 aliphatic rings. The van der Waals surface area contributed by atoms with Crippen LogP contribution in [-0.4, -0.2) is 32.1 Å². The van der Waals surface area contributed by atoms with Gasteiger partial charge in [0.2, 0.25) is 0 Å². The second-order valence-electron chi connectivity index (χ2n) is 7.31. The van der Waals surface area contributed by atoms with Gasteiger partial charge in [0.15, 0.2) is 9.84 Å². The third-order valence-electron chi connectivity index (χ3n) is 5.03. The van der Waals surface area contributed by atoms with Crippen LogP contribution in [0.25, 0.3) is 22.2 Å². The van der Waals surface area contributed by atoms with Gasteiger partial charge in [0, 0.05) is 23.8 Å². The molecule has 0 radical (unpaired) electrons. The molecule has 0 fully saturated rings. The molecule has 0 saturated carbocycles. The Morgan fingerprint density at radius 2 is 1.48 bits per heavy atom. The van der Waals surface area contributed by atoms with Gasteiger partial charge in [-0.05, 0) is 18.1 Å². The lowest BCUT2D eigenvalue weighted by Gasteiger charge is -2.16. The minimum Gasteiger partial charge on any atom is -0.352 e. The summed E-state index contributed by atoms with van der Waals surface area (Å²) < 4.78 is 25.7. The average molecular weight is 431 g/mol. The van der Waals surface area contributed by atoms with Crippen LogP contribution in [0.15, 0.2) is 89.8 Å². The van der Waals surface area contributed by atoms with Gasteiger partial charge >= 0.3 is 0 Å². The van der Waals surface area contributed by atoms with E-state index in [9.17, 15) is 13.2 Å². The molecule has 0 atom stereocenters. The normalized spacial score (nSPS) is 11.4. The first-order valence-corrected chi connectivity index (χ1v) is 11.8. The number of carbonyl (C=O) groups excluding carboxylic acids is 1. The van der Waals surface area contributed by atoms with E-state index in [-0.39, 0.29) is 16.2 Å². The van der Waals surface area contributed by atoms with Crippen LogP contribution in [0.1, 0.15) is 15.9 Å². The Balaban J connectivity index is 1.83. The van der Waals surface area contributed by atoms with Crippen molar-refractivity contribution in [3.63, 3.8) is 0 Å². The summed E-state index contributed by atoms with van der Waals surface area (Å²) in [6.07, 6.45) is 1.77. The average Bonchev–Trinajstić information content (AvgIpc) is 2.78. The summed E-state index contributed by atoms with van der Waals surface area (Å²) in [5.74, 6) is -0.424. The number of para-hydroxylation sites is 1. The summed E-state index contributed by atoms with van der Waals surface area (Å²) >= 11 is 0. The van der Waals surface area contributed by atoms with Gasteiger partial charge in [0.1, 0.15) is 4.90 Å². The fourth-order valence-corrected chi connectivity index (χ4v) is 4.71. The Bertz CT molecular complexity index is 1340. The van der Waals surface area contributed by atoms with Crippen molar-refractivity contribution in [2.75, 3.05) is 12.8 Å². The quantitative estimate of drug-likeness (QED) is 0.495. The number of amides is 1. The largest absolute Gasteiger partial charge is 0.352 e. The topological polar surface area (TPSA) is 76.1 Å². The number of fused-ring (bicyclic) bond motifs is 1. The molecule has 156 valence electrons. The maximum atomic E-state index is 13.3. The zero-order valence-corrected chi connectivity index (χ0v) is 17.9. The number of carbonyl (C=O) groups is 1. The van der Waals surface area contributed by atoms with E-state index in [1.165, 1.54) is 0 Å². The lowest BCUT2D eigenvalue weighted by molar-refractivity contribution is 0.0952. The number of hydrogen-bond donors (Lipinski definition) is 1. The van der Waals surface area contributed by atoms with Crippen LogP contribution in [0.5, 0.6) is 0 Å². The highest BCUT2D eigenvalue weighted by Crippen LogP contribution is 2.33. The Labute approximate surface area is 181 Å². The summed E-state index contributed by atoms with van der Waals surface area (Å²) in [6.45, 7) is 0.392. The van der Waals surface area contributed by atoms with Crippen molar-refractivity contribution in [2.45, 2.75) is 11.3 Å². The number of nitrogens with one attached hydrogen (secondary N) is 1. The van der Waals surface area contributed by atoms with Crippen molar-refractivity contribution < 1.29 is 13.2 Å². The minimum absolute atomic E-state index is 0.0467. The van der Waals surface area contributed by atoms with Gasteiger partial charge in [-0.25, -0.2) is 13.4 Å². The van der Waals surface area contributed by atoms with Gasteiger partial charge in [-0.3, -0.25) is 4.79 Å². The molecule has 0 unspecified atom stereocenters. The van der Waals surface area contributed by atoms with Gasteiger partial charge in [0.05, 0.1) is 16.8 Å². The maximum Gasteiger partial charge on any atom is 0.253 e. The molecule has 1 amide bonds. The van der Waals surface area contributed by atoms with Crippen molar-refractivity contribution >= 4 is 26.6 Å². The number of nitrogens with zero attached hydrogens (tertiary/aromatic N) is 1. The monoisotopic (exact) mass is 430 g/mol. The van der Waals surface area contributed by atoms with E-state index in [1.807, 2.05) is 54.6 Å². The van der Waals surface area contributed by atoms with Crippen molar-refractivity contribution in [1.82, 2.24) is 10.3 Å². The van der Waals surface area contributed by atoms with Crippen molar-refractivity contribution in [1.29, 1.82) is 0 Å². The predicted molar refractivity (Wildman–Crippen MR) is 123 cm³/mol. The van der Waals surface area contributed by atoms with Crippen LogP contribution in [-0.2, 0) is 16.3 Å². The highest BCUT2D eigenvalue weighted by molar-refractivity contribution is 7.91. The third kappa shape index (κ3) is 4.49. The van der Waals surface area contributed by atoms with Crippen molar-refractivity contribution in [3.8, 4) is 11.3 Å². The Morgan fingerprint density at radius 3 is 2.16 bits per heavy atom. The van der Waals surface area contributed by atoms with Crippen LogP contribution in [0.4, 0.5) is 0 Å². The first-order chi connectivity index (χ1) is 14.9. The van der Waals surface area contributed by atoms with Crippen LogP contribution in [0, 0.1) is 0 Å². The van der Waals surface area contributed by atoms with E-state index in [4.69, 9.17) is 0 Å². The van der Waals surface area contributed by atoms with E-state index in [2.05, 4.69) is 10.3 Å². The number of benzene rings is 3. The summed E-state index contributed by atoms with van der Waals surface area (Å²) in [5, 5.41) is 3.41. The molecule has 1 heterocycles. The van der Waals surface area contributed by atoms with E-state index >= 15 is 0 Å². The zero-order chi connectivity index (χ0) is 21.8. The van der Waals surface area contributed by atoms with Gasteiger partial charge in [0.25, 0.3) is 5.91 Å².